The molecule has 1 heterocycles. The number of amides is 1. The molecule has 45 heavy (non-hydrogen) atoms. The molecule has 0 aliphatic carbocycles. The number of aryl methyl sites for hydroxylation is 1. The van der Waals surface area contributed by atoms with E-state index >= 15 is 0 Å². The molecule has 8 heteroatoms. The molecule has 7 nitrogen and oxygen atoms in total. The molecule has 0 radical (unpaired) electrons. The first-order valence-corrected chi connectivity index (χ1v) is 16.2. The van der Waals surface area contributed by atoms with Gasteiger partial charge in [0.2, 0.25) is 12.3 Å². The van der Waals surface area contributed by atoms with Crippen molar-refractivity contribution in [3.05, 3.63) is 108 Å². The highest BCUT2D eigenvalue weighted by Crippen LogP contribution is 2.31. The van der Waals surface area contributed by atoms with Gasteiger partial charge in [-0.15, -0.1) is 0 Å². The fourth-order valence-corrected chi connectivity index (χ4v) is 5.58. The molecule has 0 unspecified atom stereocenters. The van der Waals surface area contributed by atoms with Crippen molar-refractivity contribution in [1.82, 2.24) is 14.9 Å². The number of methoxy groups -OCH3 is 1. The number of benzene rings is 3. The molecule has 4 aromatic rings. The van der Waals surface area contributed by atoms with Crippen molar-refractivity contribution in [2.45, 2.75) is 63.8 Å². The molecule has 0 aliphatic rings. The van der Waals surface area contributed by atoms with Gasteiger partial charge in [0.05, 0.1) is 19.3 Å². The molecule has 3 aromatic carbocycles. The lowest BCUT2D eigenvalue weighted by Crippen LogP contribution is -2.31. The highest BCUT2D eigenvalue weighted by atomic mass is 32.2. The zero-order valence-corrected chi connectivity index (χ0v) is 28.1. The van der Waals surface area contributed by atoms with Crippen LogP contribution in [0, 0.1) is 0 Å². The van der Waals surface area contributed by atoms with Gasteiger partial charge in [-0.2, -0.15) is 5.10 Å². The largest absolute Gasteiger partial charge is 0.479 e. The summed E-state index contributed by atoms with van der Waals surface area (Å²) in [6.07, 6.45) is 3.34. The van der Waals surface area contributed by atoms with Crippen LogP contribution in [0.3, 0.4) is 0 Å². The molecule has 0 aliphatic heterocycles. The molecule has 0 fully saturated rings. The maximum Gasteiger partial charge on any atom is 0.238 e. The van der Waals surface area contributed by atoms with Crippen LogP contribution in [-0.2, 0) is 23.2 Å². The second-order valence-electron chi connectivity index (χ2n) is 12.0. The highest BCUT2D eigenvalue weighted by molar-refractivity contribution is 8.00. The number of aromatic nitrogens is 1. The summed E-state index contributed by atoms with van der Waals surface area (Å²) in [4.78, 5) is 19.4. The molecule has 0 saturated carbocycles. The molecule has 1 amide bonds. The predicted molar refractivity (Wildman–Crippen MR) is 188 cm³/mol. The molecule has 0 spiro atoms. The fraction of sp³-hybridized carbons (Fsp3) is 0.324. The molecule has 0 bridgehead atoms. The summed E-state index contributed by atoms with van der Waals surface area (Å²) in [7, 11) is 3.60. The Morgan fingerprint density at radius 2 is 1.64 bits per heavy atom. The number of anilines is 1. The Bertz CT molecular complexity index is 1530. The van der Waals surface area contributed by atoms with E-state index < -0.39 is 0 Å². The van der Waals surface area contributed by atoms with E-state index in [-0.39, 0.29) is 5.41 Å². The van der Waals surface area contributed by atoms with Gasteiger partial charge in [0.15, 0.2) is 0 Å². The van der Waals surface area contributed by atoms with Crippen LogP contribution in [0.25, 0.3) is 11.3 Å². The Morgan fingerprint density at radius 1 is 0.956 bits per heavy atom. The number of hydrogen-bond donors (Lipinski definition) is 1. The Morgan fingerprint density at radius 3 is 2.27 bits per heavy atom. The lowest BCUT2D eigenvalue weighted by atomic mass is 9.87. The van der Waals surface area contributed by atoms with Crippen molar-refractivity contribution in [2.75, 3.05) is 25.4 Å². The van der Waals surface area contributed by atoms with Crippen molar-refractivity contribution in [1.29, 1.82) is 0 Å². The lowest BCUT2D eigenvalue weighted by molar-refractivity contribution is -0.114. The maximum atomic E-state index is 11.8. The number of hydrogen-bond acceptors (Lipinski definition) is 7. The number of nitrogens with zero attached hydrogens (tertiary/aromatic N) is 4. The van der Waals surface area contributed by atoms with Crippen molar-refractivity contribution in [3.63, 3.8) is 0 Å². The molecule has 1 N–H and O–H groups in total. The summed E-state index contributed by atoms with van der Waals surface area (Å²) < 4.78 is 8.92. The van der Waals surface area contributed by atoms with E-state index in [1.807, 2.05) is 49.3 Å². The Kier molecular flexibility index (Phi) is 12.0. The minimum absolute atomic E-state index is 0.122. The smallest absolute Gasteiger partial charge is 0.238 e. The van der Waals surface area contributed by atoms with Crippen LogP contribution in [0.5, 0.6) is 5.88 Å². The average molecular weight is 624 g/mol. The van der Waals surface area contributed by atoms with Gasteiger partial charge in [0.25, 0.3) is 0 Å². The average Bonchev–Trinajstić information content (AvgIpc) is 3.05. The van der Waals surface area contributed by atoms with E-state index in [4.69, 9.17) is 14.8 Å². The van der Waals surface area contributed by atoms with Gasteiger partial charge in [0.1, 0.15) is 11.5 Å². The number of rotatable bonds is 14. The summed E-state index contributed by atoms with van der Waals surface area (Å²) in [5, 5.41) is 6.76. The lowest BCUT2D eigenvalue weighted by Gasteiger charge is -2.22. The zero-order chi connectivity index (χ0) is 32.2. The van der Waals surface area contributed by atoms with Gasteiger partial charge >= 0.3 is 0 Å². The van der Waals surface area contributed by atoms with Crippen molar-refractivity contribution >= 4 is 29.9 Å². The van der Waals surface area contributed by atoms with Crippen LogP contribution in [0.4, 0.5) is 5.69 Å². The van der Waals surface area contributed by atoms with Gasteiger partial charge in [-0.1, -0.05) is 87.5 Å². The summed E-state index contributed by atoms with van der Waals surface area (Å²) in [5.74, 6) is 1.34. The van der Waals surface area contributed by atoms with Crippen LogP contribution < -0.4 is 9.46 Å². The number of carbonyl (C=O) groups excluding carboxylic acids is 1. The van der Waals surface area contributed by atoms with E-state index in [1.54, 1.807) is 12.0 Å². The van der Waals surface area contributed by atoms with Gasteiger partial charge in [-0.25, -0.2) is 4.98 Å². The van der Waals surface area contributed by atoms with Crippen molar-refractivity contribution in [3.8, 4) is 17.1 Å². The van der Waals surface area contributed by atoms with Crippen molar-refractivity contribution < 1.29 is 9.53 Å². The predicted octanol–water partition coefficient (Wildman–Crippen LogP) is 8.42. The fourth-order valence-electron chi connectivity index (χ4n) is 4.91. The summed E-state index contributed by atoms with van der Waals surface area (Å²) in [6.45, 7) is 9.89. The van der Waals surface area contributed by atoms with Crippen LogP contribution >= 0.6 is 11.9 Å². The SMILES string of the molecule is CCN(C=O)/C(CCCc1ccc(-c2ccc(NSc3ccccc3)c(OC)n2)cc1)=N\N(C)Cc1ccc(C(C)(C)C)cc1. The standard InChI is InChI=1S/C37H45N5O2S/c1-7-42(27-43)35(39-41(5)26-29-18-22-31(23-19-29)37(2,3)4)15-11-12-28-16-20-30(21-17-28)33-24-25-34(36(38-33)44-6)40-45-32-13-9-8-10-14-32/h8-10,13-14,16-25,27,40H,7,11-12,15,26H2,1-6H3/b39-35-. The first-order valence-electron chi connectivity index (χ1n) is 15.4. The van der Waals surface area contributed by atoms with Gasteiger partial charge in [-0.05, 0) is 78.1 Å². The summed E-state index contributed by atoms with van der Waals surface area (Å²) in [6, 6.07) is 31.3. The molecule has 0 saturated heterocycles. The van der Waals surface area contributed by atoms with Gasteiger partial charge in [0, 0.05) is 30.5 Å². The number of pyridine rings is 1. The zero-order valence-electron chi connectivity index (χ0n) is 27.3. The second kappa shape index (κ2) is 16.1. The normalized spacial score (nSPS) is 11.6. The first-order chi connectivity index (χ1) is 21.7. The third-order valence-corrected chi connectivity index (χ3v) is 8.34. The van der Waals surface area contributed by atoms with Crippen LogP contribution in [0.2, 0.25) is 0 Å². The molecular formula is C37H45N5O2S. The van der Waals surface area contributed by atoms with Crippen LogP contribution in [0.1, 0.15) is 57.2 Å². The molecule has 4 rings (SSSR count). The van der Waals surface area contributed by atoms with Gasteiger partial charge < -0.3 is 14.4 Å². The summed E-state index contributed by atoms with van der Waals surface area (Å²) in [5.41, 5.74) is 6.54. The third kappa shape index (κ3) is 9.85. The number of amidine groups is 1. The number of hydrazone groups is 1. The molecule has 236 valence electrons. The molecule has 0 atom stereocenters. The highest BCUT2D eigenvalue weighted by Gasteiger charge is 2.14. The second-order valence-corrected chi connectivity index (χ2v) is 12.9. The Balaban J connectivity index is 1.35. The van der Waals surface area contributed by atoms with E-state index in [0.717, 1.165) is 46.9 Å². The van der Waals surface area contributed by atoms with Crippen molar-refractivity contribution in [2.24, 2.45) is 5.10 Å². The van der Waals surface area contributed by atoms with Gasteiger partial charge in [-0.3, -0.25) is 9.80 Å². The van der Waals surface area contributed by atoms with E-state index in [9.17, 15) is 4.79 Å². The number of carbonyl (C=O) groups is 1. The topological polar surface area (TPSA) is 70.1 Å². The Hall–Kier alpha value is -4.30. The van der Waals surface area contributed by atoms with Crippen LogP contribution in [0.15, 0.2) is 101 Å². The monoisotopic (exact) mass is 623 g/mol. The minimum atomic E-state index is 0.122. The minimum Gasteiger partial charge on any atom is -0.479 e. The molecule has 1 aromatic heterocycles. The Labute approximate surface area is 272 Å². The van der Waals surface area contributed by atoms with Crippen LogP contribution in [-0.4, -0.2) is 47.8 Å². The van der Waals surface area contributed by atoms with E-state index in [1.165, 1.54) is 28.6 Å². The van der Waals surface area contributed by atoms with E-state index in [0.29, 0.717) is 25.4 Å². The maximum absolute atomic E-state index is 11.8. The molecular weight excluding hydrogens is 579 g/mol. The third-order valence-electron chi connectivity index (χ3n) is 7.51. The quantitative estimate of drug-likeness (QED) is 0.0500. The number of ether oxygens (including phenoxy) is 1. The number of nitrogens with one attached hydrogen (secondary N) is 1. The first kappa shape index (κ1) is 33.6. The van der Waals surface area contributed by atoms with E-state index in [2.05, 4.69) is 86.2 Å². The summed E-state index contributed by atoms with van der Waals surface area (Å²) >= 11 is 1.52.